The van der Waals surface area contributed by atoms with E-state index < -0.39 is 0 Å². The van der Waals surface area contributed by atoms with Crippen LogP contribution in [-0.2, 0) is 11.3 Å². The lowest BCUT2D eigenvalue weighted by Gasteiger charge is -2.31. The molecule has 2 aliphatic heterocycles. The van der Waals surface area contributed by atoms with Crippen LogP contribution in [0, 0.1) is 6.92 Å². The topological polar surface area (TPSA) is 41.6 Å². The Kier molecular flexibility index (Phi) is 3.19. The third kappa shape index (κ3) is 2.45. The van der Waals surface area contributed by atoms with Crippen LogP contribution in [0.15, 0.2) is 24.3 Å². The van der Waals surface area contributed by atoms with Crippen molar-refractivity contribution in [3.8, 4) is 0 Å². The third-order valence-electron chi connectivity index (χ3n) is 4.18. The van der Waals surface area contributed by atoms with Gasteiger partial charge in [0.25, 0.3) is 0 Å². The molecule has 0 aliphatic carbocycles. The van der Waals surface area contributed by atoms with E-state index in [1.165, 1.54) is 11.1 Å². The Hall–Kier alpha value is -1.55. The minimum absolute atomic E-state index is 0.162. The zero-order valence-corrected chi connectivity index (χ0v) is 11.3. The zero-order valence-electron chi connectivity index (χ0n) is 11.3. The van der Waals surface area contributed by atoms with Gasteiger partial charge in [0.1, 0.15) is 5.60 Å². The van der Waals surface area contributed by atoms with Gasteiger partial charge >= 0.3 is 6.09 Å². The van der Waals surface area contributed by atoms with Gasteiger partial charge in [0.2, 0.25) is 0 Å². The van der Waals surface area contributed by atoms with E-state index in [2.05, 4.69) is 24.4 Å². The van der Waals surface area contributed by atoms with Crippen LogP contribution >= 0.6 is 0 Å². The molecule has 1 N–H and O–H groups in total. The molecule has 0 atom stereocenters. The third-order valence-corrected chi connectivity index (χ3v) is 4.18. The van der Waals surface area contributed by atoms with Gasteiger partial charge in [-0.3, -0.25) is 4.90 Å². The predicted octanol–water partition coefficient (Wildman–Crippen LogP) is 2.07. The molecular formula is C15H20N2O2. The molecule has 2 aliphatic rings. The molecule has 1 amide bonds. The summed E-state index contributed by atoms with van der Waals surface area (Å²) in [7, 11) is 0. The van der Waals surface area contributed by atoms with Crippen molar-refractivity contribution < 1.29 is 9.53 Å². The lowest BCUT2D eigenvalue weighted by Crippen LogP contribution is -2.44. The fraction of sp³-hybridized carbons (Fsp3) is 0.533. The summed E-state index contributed by atoms with van der Waals surface area (Å²) >= 11 is 0. The molecule has 0 aromatic heterocycles. The summed E-state index contributed by atoms with van der Waals surface area (Å²) in [6.45, 7) is 5.33. The lowest BCUT2D eigenvalue weighted by molar-refractivity contribution is 0.0316. The molecule has 0 saturated carbocycles. The maximum Gasteiger partial charge on any atom is 0.410 e. The molecule has 4 heteroatoms. The molecule has 1 aromatic rings. The van der Waals surface area contributed by atoms with Gasteiger partial charge in [0.05, 0.1) is 6.54 Å². The number of hydrogen-bond acceptors (Lipinski definition) is 3. The Morgan fingerprint density at radius 3 is 2.79 bits per heavy atom. The summed E-state index contributed by atoms with van der Waals surface area (Å²) in [5, 5.41) is 3.31. The van der Waals surface area contributed by atoms with E-state index in [-0.39, 0.29) is 11.7 Å². The molecule has 0 unspecified atom stereocenters. The summed E-state index contributed by atoms with van der Waals surface area (Å²) < 4.78 is 5.66. The van der Waals surface area contributed by atoms with Crippen molar-refractivity contribution in [2.45, 2.75) is 31.9 Å². The molecule has 19 heavy (non-hydrogen) atoms. The van der Waals surface area contributed by atoms with Gasteiger partial charge in [-0.25, -0.2) is 4.79 Å². The van der Waals surface area contributed by atoms with Crippen molar-refractivity contribution >= 4 is 6.09 Å². The normalized spacial score (nSPS) is 21.7. The summed E-state index contributed by atoms with van der Waals surface area (Å²) in [5.74, 6) is 0. The first-order chi connectivity index (χ1) is 9.19. The number of piperidine rings is 1. The fourth-order valence-electron chi connectivity index (χ4n) is 2.95. The fourth-order valence-corrected chi connectivity index (χ4v) is 2.95. The quantitative estimate of drug-likeness (QED) is 0.885. The molecule has 0 bridgehead atoms. The Balaban J connectivity index is 1.72. The van der Waals surface area contributed by atoms with E-state index in [0.29, 0.717) is 6.54 Å². The standard InChI is InChI=1S/C15H20N2O2/c1-12-4-2-3-5-13(12)10-17-11-15(19-14(17)18)6-8-16-9-7-15/h2-5,16H,6-11H2,1H3. The highest BCUT2D eigenvalue weighted by Crippen LogP contribution is 2.32. The molecule has 1 aromatic carbocycles. The molecule has 1 spiro atoms. The Morgan fingerprint density at radius 2 is 2.05 bits per heavy atom. The Bertz CT molecular complexity index is 481. The Labute approximate surface area is 113 Å². The van der Waals surface area contributed by atoms with E-state index in [4.69, 9.17) is 4.74 Å². The highest BCUT2D eigenvalue weighted by atomic mass is 16.6. The van der Waals surface area contributed by atoms with Gasteiger partial charge in [-0.05, 0) is 31.1 Å². The highest BCUT2D eigenvalue weighted by Gasteiger charge is 2.45. The number of ether oxygens (including phenoxy) is 1. The van der Waals surface area contributed by atoms with Crippen LogP contribution in [0.4, 0.5) is 4.79 Å². The monoisotopic (exact) mass is 260 g/mol. The number of nitrogens with zero attached hydrogens (tertiary/aromatic N) is 1. The second kappa shape index (κ2) is 4.85. The number of rotatable bonds is 2. The van der Waals surface area contributed by atoms with Crippen LogP contribution in [0.5, 0.6) is 0 Å². The van der Waals surface area contributed by atoms with E-state index in [9.17, 15) is 4.79 Å². The van der Waals surface area contributed by atoms with Gasteiger partial charge in [0, 0.05) is 19.4 Å². The molecule has 102 valence electrons. The van der Waals surface area contributed by atoms with E-state index >= 15 is 0 Å². The number of carbonyl (C=O) groups is 1. The predicted molar refractivity (Wildman–Crippen MR) is 72.9 cm³/mol. The minimum atomic E-state index is -0.245. The molecule has 2 heterocycles. The summed E-state index contributed by atoms with van der Waals surface area (Å²) in [5.41, 5.74) is 2.18. The van der Waals surface area contributed by atoms with E-state index in [0.717, 1.165) is 32.5 Å². The average molecular weight is 260 g/mol. The first-order valence-corrected chi connectivity index (χ1v) is 6.92. The van der Waals surface area contributed by atoms with Crippen molar-refractivity contribution in [2.75, 3.05) is 19.6 Å². The van der Waals surface area contributed by atoms with Gasteiger partial charge in [-0.15, -0.1) is 0 Å². The molecule has 3 rings (SSSR count). The van der Waals surface area contributed by atoms with Crippen LogP contribution < -0.4 is 5.32 Å². The van der Waals surface area contributed by atoms with Gasteiger partial charge in [0.15, 0.2) is 0 Å². The van der Waals surface area contributed by atoms with Gasteiger partial charge in [-0.2, -0.15) is 0 Å². The van der Waals surface area contributed by atoms with Crippen molar-refractivity contribution in [2.24, 2.45) is 0 Å². The van der Waals surface area contributed by atoms with Crippen LogP contribution in [0.2, 0.25) is 0 Å². The SMILES string of the molecule is Cc1ccccc1CN1CC2(CCNCC2)OC1=O. The second-order valence-electron chi connectivity index (χ2n) is 5.58. The lowest BCUT2D eigenvalue weighted by atomic mass is 9.92. The molecule has 4 nitrogen and oxygen atoms in total. The molecular weight excluding hydrogens is 240 g/mol. The molecule has 2 fully saturated rings. The average Bonchev–Trinajstić information content (AvgIpc) is 2.69. The van der Waals surface area contributed by atoms with Crippen molar-refractivity contribution in [1.82, 2.24) is 10.2 Å². The zero-order chi connectivity index (χ0) is 13.3. The first kappa shape index (κ1) is 12.5. The first-order valence-electron chi connectivity index (χ1n) is 6.92. The summed E-state index contributed by atoms with van der Waals surface area (Å²) in [6.07, 6.45) is 1.68. The van der Waals surface area contributed by atoms with Gasteiger partial charge < -0.3 is 10.1 Å². The largest absolute Gasteiger partial charge is 0.441 e. The van der Waals surface area contributed by atoms with Gasteiger partial charge in [-0.1, -0.05) is 24.3 Å². The second-order valence-corrected chi connectivity index (χ2v) is 5.58. The molecule has 0 radical (unpaired) electrons. The number of amides is 1. The van der Waals surface area contributed by atoms with Crippen LogP contribution in [0.1, 0.15) is 24.0 Å². The Morgan fingerprint density at radius 1 is 1.32 bits per heavy atom. The van der Waals surface area contributed by atoms with Crippen molar-refractivity contribution in [1.29, 1.82) is 0 Å². The van der Waals surface area contributed by atoms with Crippen LogP contribution in [0.25, 0.3) is 0 Å². The number of hydrogen-bond donors (Lipinski definition) is 1. The smallest absolute Gasteiger partial charge is 0.410 e. The van der Waals surface area contributed by atoms with Crippen LogP contribution in [-0.4, -0.2) is 36.2 Å². The summed E-state index contributed by atoms with van der Waals surface area (Å²) in [6, 6.07) is 8.20. The van der Waals surface area contributed by atoms with E-state index in [1.807, 2.05) is 17.0 Å². The number of nitrogens with one attached hydrogen (secondary N) is 1. The highest BCUT2D eigenvalue weighted by molar-refractivity contribution is 5.70. The van der Waals surface area contributed by atoms with E-state index in [1.54, 1.807) is 0 Å². The van der Waals surface area contributed by atoms with Crippen LogP contribution in [0.3, 0.4) is 0 Å². The maximum atomic E-state index is 12.0. The minimum Gasteiger partial charge on any atom is -0.441 e. The molecule has 2 saturated heterocycles. The number of carbonyl (C=O) groups excluding carboxylic acids is 1. The van der Waals surface area contributed by atoms with Crippen molar-refractivity contribution in [3.63, 3.8) is 0 Å². The van der Waals surface area contributed by atoms with Crippen molar-refractivity contribution in [3.05, 3.63) is 35.4 Å². The maximum absolute atomic E-state index is 12.0. The number of aryl methyl sites for hydroxylation is 1. The summed E-state index contributed by atoms with van der Waals surface area (Å²) in [4.78, 5) is 13.9. The number of benzene rings is 1.